The highest BCUT2D eigenvalue weighted by molar-refractivity contribution is 7.91. The predicted octanol–water partition coefficient (Wildman–Crippen LogP) is 1.99. The first-order valence-corrected chi connectivity index (χ1v) is 7.13. The molecule has 2 aromatic carbocycles. The number of hydrogen-bond donors (Lipinski definition) is 1. The fraction of sp³-hybridized carbons (Fsp3) is 0. The minimum atomic E-state index is -4.71. The molecule has 5 nitrogen and oxygen atoms in total. The fourth-order valence-corrected chi connectivity index (χ4v) is 2.91. The van der Waals surface area contributed by atoms with E-state index in [2.05, 4.69) is 0 Å². The van der Waals surface area contributed by atoms with E-state index in [0.717, 1.165) is 5.39 Å². The summed E-state index contributed by atoms with van der Waals surface area (Å²) in [5.41, 5.74) is 0.157. The van der Waals surface area contributed by atoms with E-state index >= 15 is 0 Å². The molecule has 2 aromatic rings. The molecule has 0 radical (unpaired) electrons. The van der Waals surface area contributed by atoms with E-state index in [-0.39, 0.29) is 11.1 Å². The van der Waals surface area contributed by atoms with Gasteiger partial charge in [0.15, 0.2) is 5.78 Å². The van der Waals surface area contributed by atoms with Gasteiger partial charge in [-0.05, 0) is 16.8 Å². The topological polar surface area (TPSA) is 88.5 Å². The lowest BCUT2D eigenvalue weighted by atomic mass is 9.90. The Balaban J connectivity index is 2.37. The monoisotopic (exact) mass is 288 g/mol. The lowest BCUT2D eigenvalue weighted by molar-refractivity contribution is 0.0990. The van der Waals surface area contributed by atoms with Gasteiger partial charge in [0, 0.05) is 17.2 Å². The number of benzene rings is 2. The molecular weight excluding hydrogens is 280 g/mol. The van der Waals surface area contributed by atoms with Crippen molar-refractivity contribution in [2.45, 2.75) is 0 Å². The maximum Gasteiger partial charge on any atom is 0.298 e. The smallest absolute Gasteiger partial charge is 0.289 e. The molecule has 6 heteroatoms. The molecule has 3 rings (SSSR count). The zero-order chi connectivity index (χ0) is 14.5. The van der Waals surface area contributed by atoms with Crippen molar-refractivity contribution in [1.82, 2.24) is 0 Å². The Kier molecular flexibility index (Phi) is 2.60. The Hall–Kier alpha value is -2.31. The predicted molar refractivity (Wildman–Crippen MR) is 72.2 cm³/mol. The summed E-state index contributed by atoms with van der Waals surface area (Å²) < 4.78 is 31.3. The van der Waals surface area contributed by atoms with E-state index in [0.29, 0.717) is 11.5 Å². The molecule has 20 heavy (non-hydrogen) atoms. The number of rotatable bonds is 1. The van der Waals surface area contributed by atoms with Gasteiger partial charge in [0.2, 0.25) is 5.78 Å². The van der Waals surface area contributed by atoms with Crippen LogP contribution in [0.5, 0.6) is 0 Å². The Morgan fingerprint density at radius 2 is 1.65 bits per heavy atom. The van der Waals surface area contributed by atoms with Crippen molar-refractivity contribution in [3.05, 3.63) is 58.5 Å². The highest BCUT2D eigenvalue weighted by Gasteiger charge is 2.33. The van der Waals surface area contributed by atoms with Crippen LogP contribution in [0.4, 0.5) is 0 Å². The minimum Gasteiger partial charge on any atom is -0.289 e. The third-order valence-corrected chi connectivity index (χ3v) is 4.04. The largest absolute Gasteiger partial charge is 0.298 e. The van der Waals surface area contributed by atoms with Crippen molar-refractivity contribution in [2.24, 2.45) is 0 Å². The maximum atomic E-state index is 12.1. The Morgan fingerprint density at radius 1 is 0.950 bits per heavy atom. The normalized spacial score (nSPS) is 15.2. The van der Waals surface area contributed by atoms with Gasteiger partial charge in [-0.25, -0.2) is 0 Å². The molecule has 0 amide bonds. The lowest BCUT2D eigenvalue weighted by Crippen LogP contribution is -2.22. The van der Waals surface area contributed by atoms with E-state index in [4.69, 9.17) is 4.55 Å². The molecule has 0 saturated heterocycles. The quantitative estimate of drug-likeness (QED) is 0.811. The molecule has 0 saturated carbocycles. The summed E-state index contributed by atoms with van der Waals surface area (Å²) in [4.78, 5) is 23.3. The number of hydrogen-bond acceptors (Lipinski definition) is 4. The zero-order valence-electron chi connectivity index (χ0n) is 10.0. The standard InChI is InChI=1S/C14H8O5S/c15-11-7-12(20(17,18)19)14(16)10-6-5-8-3-1-2-4-9(8)13(10)11/h1-7H,(H,17,18,19). The molecule has 1 aliphatic rings. The van der Waals surface area contributed by atoms with Crippen LogP contribution in [-0.4, -0.2) is 24.5 Å². The van der Waals surface area contributed by atoms with E-state index in [1.807, 2.05) is 0 Å². The third kappa shape index (κ3) is 1.77. The molecule has 0 heterocycles. The molecule has 0 aliphatic heterocycles. The lowest BCUT2D eigenvalue weighted by Gasteiger charge is -2.15. The number of carbonyl (C=O) groups is 2. The highest BCUT2D eigenvalue weighted by atomic mass is 32.2. The molecule has 100 valence electrons. The second-order valence-corrected chi connectivity index (χ2v) is 5.78. The van der Waals surface area contributed by atoms with E-state index in [1.54, 1.807) is 30.3 Å². The van der Waals surface area contributed by atoms with Crippen LogP contribution in [0.15, 0.2) is 47.4 Å². The van der Waals surface area contributed by atoms with Crippen LogP contribution < -0.4 is 0 Å². The fourth-order valence-electron chi connectivity index (χ4n) is 2.31. The second-order valence-electron chi connectivity index (χ2n) is 4.39. The third-order valence-electron chi connectivity index (χ3n) is 3.18. The molecular formula is C14H8O5S. The van der Waals surface area contributed by atoms with E-state index < -0.39 is 26.6 Å². The molecule has 0 bridgehead atoms. The first kappa shape index (κ1) is 12.7. The zero-order valence-corrected chi connectivity index (χ0v) is 10.8. The van der Waals surface area contributed by atoms with E-state index in [1.165, 1.54) is 6.07 Å². The average molecular weight is 288 g/mol. The summed E-state index contributed by atoms with van der Waals surface area (Å²) in [5.74, 6) is -1.48. The Labute approximate surface area is 114 Å². The SMILES string of the molecule is O=C1C(S(=O)(=O)O)=CC(=O)c2c1ccc1ccccc21. The molecule has 1 N–H and O–H groups in total. The van der Waals surface area contributed by atoms with Crippen LogP contribution >= 0.6 is 0 Å². The van der Waals surface area contributed by atoms with Crippen molar-refractivity contribution in [3.8, 4) is 0 Å². The van der Waals surface area contributed by atoms with Crippen LogP contribution in [-0.2, 0) is 10.1 Å². The van der Waals surface area contributed by atoms with Crippen molar-refractivity contribution >= 4 is 32.5 Å². The van der Waals surface area contributed by atoms with Crippen molar-refractivity contribution < 1.29 is 22.6 Å². The second kappa shape index (κ2) is 4.09. The summed E-state index contributed by atoms with van der Waals surface area (Å²) in [6.45, 7) is 0. The van der Waals surface area contributed by atoms with Gasteiger partial charge in [-0.2, -0.15) is 8.42 Å². The summed E-state index contributed by atoms with van der Waals surface area (Å²) in [5, 5.41) is 1.35. The number of allylic oxidation sites excluding steroid dienone is 2. The van der Waals surface area contributed by atoms with Crippen LogP contribution in [0.3, 0.4) is 0 Å². The highest BCUT2D eigenvalue weighted by Crippen LogP contribution is 2.30. The van der Waals surface area contributed by atoms with Crippen molar-refractivity contribution in [2.75, 3.05) is 0 Å². The number of ketones is 2. The van der Waals surface area contributed by atoms with Crippen LogP contribution in [0.2, 0.25) is 0 Å². The van der Waals surface area contributed by atoms with Gasteiger partial charge in [0.25, 0.3) is 10.1 Å². The molecule has 0 spiro atoms. The maximum absolute atomic E-state index is 12.1. The molecule has 0 fully saturated rings. The van der Waals surface area contributed by atoms with E-state index in [9.17, 15) is 18.0 Å². The first-order chi connectivity index (χ1) is 9.39. The summed E-state index contributed by atoms with van der Waals surface area (Å²) in [6.07, 6.45) is 0.673. The first-order valence-electron chi connectivity index (χ1n) is 5.69. The molecule has 0 aromatic heterocycles. The van der Waals surface area contributed by atoms with Gasteiger partial charge >= 0.3 is 0 Å². The van der Waals surface area contributed by atoms with Gasteiger partial charge in [0.05, 0.1) is 0 Å². The average Bonchev–Trinajstić information content (AvgIpc) is 2.40. The summed E-state index contributed by atoms with van der Waals surface area (Å²) in [6, 6.07) is 10.0. The van der Waals surface area contributed by atoms with Gasteiger partial charge in [-0.3, -0.25) is 14.1 Å². The van der Waals surface area contributed by atoms with Gasteiger partial charge in [-0.1, -0.05) is 30.3 Å². The number of carbonyl (C=O) groups excluding carboxylic acids is 2. The van der Waals surface area contributed by atoms with Crippen LogP contribution in [0, 0.1) is 0 Å². The Bertz CT molecular complexity index is 906. The van der Waals surface area contributed by atoms with Crippen molar-refractivity contribution in [3.63, 3.8) is 0 Å². The van der Waals surface area contributed by atoms with Gasteiger partial charge in [0.1, 0.15) is 4.91 Å². The van der Waals surface area contributed by atoms with Gasteiger partial charge in [-0.15, -0.1) is 0 Å². The van der Waals surface area contributed by atoms with Crippen LogP contribution in [0.1, 0.15) is 20.7 Å². The molecule has 0 unspecified atom stereocenters. The van der Waals surface area contributed by atoms with Crippen molar-refractivity contribution in [1.29, 1.82) is 0 Å². The molecule has 1 aliphatic carbocycles. The van der Waals surface area contributed by atoms with Gasteiger partial charge < -0.3 is 0 Å². The Morgan fingerprint density at radius 3 is 2.35 bits per heavy atom. The number of Topliss-reactive ketones (excluding diaryl/α,β-unsaturated/α-hetero) is 1. The van der Waals surface area contributed by atoms with Crippen LogP contribution in [0.25, 0.3) is 10.8 Å². The summed E-state index contributed by atoms with van der Waals surface area (Å²) >= 11 is 0. The summed E-state index contributed by atoms with van der Waals surface area (Å²) in [7, 11) is -4.71. The molecule has 0 atom stereocenters. The minimum absolute atomic E-state index is 0.0103. The number of fused-ring (bicyclic) bond motifs is 3.